The highest BCUT2D eigenvalue weighted by atomic mass is 19.1. The van der Waals surface area contributed by atoms with Crippen LogP contribution >= 0.6 is 0 Å². The number of likely N-dealkylation sites (tertiary alicyclic amines) is 1. The van der Waals surface area contributed by atoms with Gasteiger partial charge in [0.2, 0.25) is 0 Å². The summed E-state index contributed by atoms with van der Waals surface area (Å²) < 4.78 is 17.9. The molecule has 1 aliphatic rings. The minimum absolute atomic E-state index is 0.188. The first-order valence-electron chi connectivity index (χ1n) is 7.79. The molecular weight excluding hydrogens is 313 g/mol. The molecule has 0 aliphatic carbocycles. The molecule has 2 atom stereocenters. The Kier molecular flexibility index (Phi) is 4.64. The first-order chi connectivity index (χ1) is 11.4. The largest absolute Gasteiger partial charge is 0.390 e. The summed E-state index contributed by atoms with van der Waals surface area (Å²) in [5.74, 6) is 0.0497. The minimum Gasteiger partial charge on any atom is -0.390 e. The Morgan fingerprint density at radius 1 is 1.42 bits per heavy atom. The van der Waals surface area contributed by atoms with Gasteiger partial charge in [0.25, 0.3) is 5.91 Å². The maximum Gasteiger partial charge on any atom is 0.276 e. The Bertz CT molecular complexity index is 716. The maximum atomic E-state index is 13.0. The third kappa shape index (κ3) is 3.47. The second-order valence-corrected chi connectivity index (χ2v) is 6.21. The predicted octanol–water partition coefficient (Wildman–Crippen LogP) is 1.44. The van der Waals surface area contributed by atoms with E-state index in [9.17, 15) is 14.3 Å². The number of aryl methyl sites for hydroxylation is 1. The van der Waals surface area contributed by atoms with Gasteiger partial charge < -0.3 is 14.5 Å². The summed E-state index contributed by atoms with van der Waals surface area (Å²) in [4.78, 5) is 16.0. The second kappa shape index (κ2) is 6.70. The Hall–Kier alpha value is -2.25. The highest BCUT2D eigenvalue weighted by molar-refractivity contribution is 5.92. The van der Waals surface area contributed by atoms with Crippen molar-refractivity contribution in [3.8, 4) is 0 Å². The average molecular weight is 333 g/mol. The van der Waals surface area contributed by atoms with Crippen molar-refractivity contribution < 1.29 is 18.8 Å². The van der Waals surface area contributed by atoms with E-state index >= 15 is 0 Å². The third-order valence-electron chi connectivity index (χ3n) is 4.30. The van der Waals surface area contributed by atoms with Crippen LogP contribution in [0.1, 0.15) is 21.8 Å². The molecule has 1 aliphatic heterocycles. The summed E-state index contributed by atoms with van der Waals surface area (Å²) in [5.41, 5.74) is 1.20. The zero-order chi connectivity index (χ0) is 17.3. The number of likely N-dealkylation sites (N-methyl/N-ethyl adjacent to an activating group) is 1. The van der Waals surface area contributed by atoms with Crippen LogP contribution < -0.4 is 0 Å². The van der Waals surface area contributed by atoms with Crippen molar-refractivity contribution >= 4 is 5.91 Å². The van der Waals surface area contributed by atoms with Gasteiger partial charge in [-0.3, -0.25) is 9.69 Å². The van der Waals surface area contributed by atoms with Gasteiger partial charge in [-0.2, -0.15) is 0 Å². The van der Waals surface area contributed by atoms with Crippen molar-refractivity contribution in [3.05, 3.63) is 53.2 Å². The van der Waals surface area contributed by atoms with Crippen LogP contribution in [0.15, 0.2) is 34.9 Å². The molecule has 1 N–H and O–H groups in total. The van der Waals surface area contributed by atoms with Gasteiger partial charge in [-0.1, -0.05) is 17.3 Å². The van der Waals surface area contributed by atoms with E-state index in [2.05, 4.69) is 5.16 Å². The lowest BCUT2D eigenvalue weighted by Gasteiger charge is -2.26. The Morgan fingerprint density at radius 3 is 2.75 bits per heavy atom. The van der Waals surface area contributed by atoms with Crippen LogP contribution in [0.4, 0.5) is 4.39 Å². The molecule has 128 valence electrons. The summed E-state index contributed by atoms with van der Waals surface area (Å²) in [5, 5.41) is 14.0. The maximum absolute atomic E-state index is 13.0. The lowest BCUT2D eigenvalue weighted by atomic mass is 10.1. The molecule has 0 saturated carbocycles. The van der Waals surface area contributed by atoms with Crippen molar-refractivity contribution in [2.24, 2.45) is 0 Å². The molecule has 2 heterocycles. The number of carbonyl (C=O) groups excluding carboxylic acids is 1. The van der Waals surface area contributed by atoms with Gasteiger partial charge in [-0.15, -0.1) is 0 Å². The molecule has 1 amide bonds. The first-order valence-corrected chi connectivity index (χ1v) is 7.79. The zero-order valence-corrected chi connectivity index (χ0v) is 13.6. The van der Waals surface area contributed by atoms with E-state index in [1.807, 2.05) is 11.9 Å². The van der Waals surface area contributed by atoms with Crippen LogP contribution in [-0.2, 0) is 6.54 Å². The molecule has 6 nitrogen and oxygen atoms in total. The van der Waals surface area contributed by atoms with Gasteiger partial charge in [-0.25, -0.2) is 4.39 Å². The third-order valence-corrected chi connectivity index (χ3v) is 4.30. The standard InChI is InChI=1S/C17H20FN3O3/c1-11-7-14(19-24-11)17(23)21-9-15(16(22)10-21)20(2)8-12-3-5-13(18)6-4-12/h3-7,15-16,22H,8-10H2,1-2H3/t15-,16-/m1/s1. The monoisotopic (exact) mass is 333 g/mol. The summed E-state index contributed by atoms with van der Waals surface area (Å²) in [7, 11) is 1.88. The minimum atomic E-state index is -0.646. The summed E-state index contributed by atoms with van der Waals surface area (Å²) in [6, 6.07) is 7.66. The molecule has 0 radical (unpaired) electrons. The first kappa shape index (κ1) is 16.6. The highest BCUT2D eigenvalue weighted by Gasteiger charge is 2.37. The van der Waals surface area contributed by atoms with E-state index in [0.717, 1.165) is 5.56 Å². The summed E-state index contributed by atoms with van der Waals surface area (Å²) >= 11 is 0. The molecular formula is C17H20FN3O3. The molecule has 1 saturated heterocycles. The highest BCUT2D eigenvalue weighted by Crippen LogP contribution is 2.20. The molecule has 1 fully saturated rings. The lowest BCUT2D eigenvalue weighted by molar-refractivity contribution is 0.0753. The number of benzene rings is 1. The SMILES string of the molecule is Cc1cc(C(=O)N2C[C@@H](O)[C@H](N(C)Cc3ccc(F)cc3)C2)no1. The second-order valence-electron chi connectivity index (χ2n) is 6.21. The van der Waals surface area contributed by atoms with Crippen molar-refractivity contribution in [2.45, 2.75) is 25.6 Å². The van der Waals surface area contributed by atoms with Crippen LogP contribution in [0.3, 0.4) is 0 Å². The fraction of sp³-hybridized carbons (Fsp3) is 0.412. The molecule has 1 aromatic heterocycles. The Morgan fingerprint density at radius 2 is 2.12 bits per heavy atom. The fourth-order valence-corrected chi connectivity index (χ4v) is 2.99. The zero-order valence-electron chi connectivity index (χ0n) is 13.6. The Balaban J connectivity index is 1.64. The number of β-amino-alcohol motifs (C(OH)–C–C–N with tert-alkyl or cyclic N) is 1. The van der Waals surface area contributed by atoms with Crippen LogP contribution in [0.5, 0.6) is 0 Å². The van der Waals surface area contributed by atoms with E-state index in [1.165, 1.54) is 12.1 Å². The van der Waals surface area contributed by atoms with Gasteiger partial charge in [0, 0.05) is 25.7 Å². The topological polar surface area (TPSA) is 69.8 Å². The van der Waals surface area contributed by atoms with Crippen LogP contribution in [0, 0.1) is 12.7 Å². The van der Waals surface area contributed by atoms with Crippen LogP contribution in [0.25, 0.3) is 0 Å². The van der Waals surface area contributed by atoms with Crippen LogP contribution in [-0.4, -0.2) is 58.3 Å². The number of aliphatic hydroxyl groups is 1. The van der Waals surface area contributed by atoms with Gasteiger partial charge in [0.05, 0.1) is 12.1 Å². The van der Waals surface area contributed by atoms with Gasteiger partial charge >= 0.3 is 0 Å². The number of amides is 1. The molecule has 0 spiro atoms. The number of aliphatic hydroxyl groups excluding tert-OH is 1. The average Bonchev–Trinajstić information content (AvgIpc) is 3.15. The number of carbonyl (C=O) groups is 1. The molecule has 24 heavy (non-hydrogen) atoms. The number of halogens is 1. The van der Waals surface area contributed by atoms with Crippen molar-refractivity contribution in [3.63, 3.8) is 0 Å². The number of nitrogens with zero attached hydrogens (tertiary/aromatic N) is 3. The van der Waals surface area contributed by atoms with Crippen molar-refractivity contribution in [1.29, 1.82) is 0 Å². The Labute approximate surface area is 139 Å². The van der Waals surface area contributed by atoms with E-state index in [0.29, 0.717) is 18.8 Å². The van der Waals surface area contributed by atoms with E-state index in [-0.39, 0.29) is 30.0 Å². The molecule has 1 aromatic carbocycles. The number of rotatable bonds is 4. The van der Waals surface area contributed by atoms with E-state index in [1.54, 1.807) is 30.0 Å². The molecule has 0 unspecified atom stereocenters. The number of hydrogen-bond donors (Lipinski definition) is 1. The van der Waals surface area contributed by atoms with Crippen molar-refractivity contribution in [2.75, 3.05) is 20.1 Å². The fourth-order valence-electron chi connectivity index (χ4n) is 2.99. The summed E-state index contributed by atoms with van der Waals surface area (Å²) in [6.07, 6.45) is -0.646. The summed E-state index contributed by atoms with van der Waals surface area (Å²) in [6.45, 7) is 2.95. The van der Waals surface area contributed by atoms with Crippen LogP contribution in [0.2, 0.25) is 0 Å². The molecule has 2 aromatic rings. The van der Waals surface area contributed by atoms with E-state index < -0.39 is 6.10 Å². The van der Waals surface area contributed by atoms with Gasteiger partial charge in [0.15, 0.2) is 5.69 Å². The quantitative estimate of drug-likeness (QED) is 0.917. The molecule has 0 bridgehead atoms. The van der Waals surface area contributed by atoms with Gasteiger partial charge in [-0.05, 0) is 31.7 Å². The smallest absolute Gasteiger partial charge is 0.276 e. The number of hydrogen-bond acceptors (Lipinski definition) is 5. The normalized spacial score (nSPS) is 20.8. The molecule has 7 heteroatoms. The van der Waals surface area contributed by atoms with E-state index in [4.69, 9.17) is 4.52 Å². The lowest BCUT2D eigenvalue weighted by Crippen LogP contribution is -2.40. The van der Waals surface area contributed by atoms with Gasteiger partial charge in [0.1, 0.15) is 11.6 Å². The predicted molar refractivity (Wildman–Crippen MR) is 84.8 cm³/mol. The van der Waals surface area contributed by atoms with Crippen molar-refractivity contribution in [1.82, 2.24) is 15.0 Å². The number of aromatic nitrogens is 1. The molecule has 3 rings (SSSR count).